The van der Waals surface area contributed by atoms with Gasteiger partial charge in [-0.25, -0.2) is 0 Å². The first-order chi connectivity index (χ1) is 12.5. The molecule has 1 aromatic rings. The van der Waals surface area contributed by atoms with E-state index in [4.69, 9.17) is 4.74 Å². The second-order valence-electron chi connectivity index (χ2n) is 7.79. The third-order valence-electron chi connectivity index (χ3n) is 5.20. The number of carbonyl (C=O) groups is 1. The van der Waals surface area contributed by atoms with Gasteiger partial charge < -0.3 is 14.5 Å². The van der Waals surface area contributed by atoms with Crippen molar-refractivity contribution in [3.05, 3.63) is 18.3 Å². The highest BCUT2D eigenvalue weighted by Crippen LogP contribution is 2.21. The van der Waals surface area contributed by atoms with Gasteiger partial charge in [0.05, 0.1) is 18.2 Å². The summed E-state index contributed by atoms with van der Waals surface area (Å²) in [5.74, 6) is 1.41. The molecule has 0 radical (unpaired) electrons. The molecule has 3 unspecified atom stereocenters. The number of anilines is 1. The molecule has 144 valence electrons. The van der Waals surface area contributed by atoms with Crippen LogP contribution in [-0.4, -0.2) is 83.4 Å². The monoisotopic (exact) mass is 361 g/mol. The highest BCUT2D eigenvalue weighted by molar-refractivity contribution is 5.82. The van der Waals surface area contributed by atoms with E-state index < -0.39 is 0 Å². The lowest BCUT2D eigenvalue weighted by molar-refractivity contribution is -0.145. The van der Waals surface area contributed by atoms with E-state index in [1.54, 1.807) is 6.20 Å². The Labute approximate surface area is 156 Å². The second-order valence-corrected chi connectivity index (χ2v) is 7.79. The van der Waals surface area contributed by atoms with Gasteiger partial charge in [-0.3, -0.25) is 9.69 Å². The van der Waals surface area contributed by atoms with Gasteiger partial charge in [0, 0.05) is 45.5 Å². The van der Waals surface area contributed by atoms with E-state index in [2.05, 4.69) is 47.7 Å². The molecule has 2 saturated heterocycles. The fourth-order valence-corrected chi connectivity index (χ4v) is 4.11. The van der Waals surface area contributed by atoms with Gasteiger partial charge in [-0.05, 0) is 31.9 Å². The van der Waals surface area contributed by atoms with Crippen LogP contribution in [0.1, 0.15) is 27.7 Å². The molecule has 2 aliphatic rings. The number of carbonyl (C=O) groups excluding carboxylic acids is 1. The third-order valence-corrected chi connectivity index (χ3v) is 5.20. The molecule has 7 nitrogen and oxygen atoms in total. The van der Waals surface area contributed by atoms with E-state index in [1.807, 2.05) is 17.0 Å². The molecule has 0 saturated carbocycles. The summed E-state index contributed by atoms with van der Waals surface area (Å²) < 4.78 is 5.85. The van der Waals surface area contributed by atoms with Crippen LogP contribution in [-0.2, 0) is 9.53 Å². The van der Waals surface area contributed by atoms with Crippen LogP contribution in [0.3, 0.4) is 0 Å². The van der Waals surface area contributed by atoms with Gasteiger partial charge in [0.25, 0.3) is 0 Å². The number of rotatable bonds is 4. The quantitative estimate of drug-likeness (QED) is 0.805. The molecule has 2 aliphatic heterocycles. The van der Waals surface area contributed by atoms with Crippen molar-refractivity contribution in [2.45, 2.75) is 45.9 Å². The lowest BCUT2D eigenvalue weighted by Crippen LogP contribution is -2.60. The maximum Gasteiger partial charge on any atom is 0.240 e. The van der Waals surface area contributed by atoms with Crippen molar-refractivity contribution in [3.8, 4) is 0 Å². The van der Waals surface area contributed by atoms with Crippen LogP contribution < -0.4 is 4.90 Å². The Bertz CT molecular complexity index is 579. The molecule has 0 bridgehead atoms. The molecule has 26 heavy (non-hydrogen) atoms. The summed E-state index contributed by atoms with van der Waals surface area (Å²) >= 11 is 0. The van der Waals surface area contributed by atoms with Crippen LogP contribution in [0.15, 0.2) is 18.3 Å². The third kappa shape index (κ3) is 4.32. The van der Waals surface area contributed by atoms with Gasteiger partial charge in [0.1, 0.15) is 0 Å². The van der Waals surface area contributed by atoms with E-state index in [9.17, 15) is 4.79 Å². The zero-order valence-corrected chi connectivity index (χ0v) is 16.3. The van der Waals surface area contributed by atoms with Crippen molar-refractivity contribution >= 4 is 11.7 Å². The summed E-state index contributed by atoms with van der Waals surface area (Å²) in [5.41, 5.74) is 0. The molecular weight excluding hydrogens is 330 g/mol. The normalized spacial score (nSPS) is 26.2. The first-order valence-corrected chi connectivity index (χ1v) is 9.66. The molecule has 1 aromatic heterocycles. The molecule has 0 aromatic carbocycles. The summed E-state index contributed by atoms with van der Waals surface area (Å²) in [5, 5.41) is 8.13. The largest absolute Gasteiger partial charge is 0.373 e. The lowest BCUT2D eigenvalue weighted by Gasteiger charge is -2.44. The van der Waals surface area contributed by atoms with E-state index in [1.165, 1.54) is 0 Å². The van der Waals surface area contributed by atoms with Crippen LogP contribution in [0.4, 0.5) is 5.82 Å². The zero-order chi connectivity index (χ0) is 18.7. The Morgan fingerprint density at radius 1 is 1.15 bits per heavy atom. The van der Waals surface area contributed by atoms with Gasteiger partial charge >= 0.3 is 0 Å². The summed E-state index contributed by atoms with van der Waals surface area (Å²) in [4.78, 5) is 19.8. The molecular formula is C19H31N5O2. The summed E-state index contributed by atoms with van der Waals surface area (Å²) in [7, 11) is 0. The van der Waals surface area contributed by atoms with Gasteiger partial charge in [0.2, 0.25) is 5.91 Å². The molecule has 0 N–H and O–H groups in total. The van der Waals surface area contributed by atoms with Crippen molar-refractivity contribution in [2.24, 2.45) is 5.92 Å². The first-order valence-electron chi connectivity index (χ1n) is 9.66. The predicted molar refractivity (Wildman–Crippen MR) is 101 cm³/mol. The summed E-state index contributed by atoms with van der Waals surface area (Å²) in [6.45, 7) is 13.1. The van der Waals surface area contributed by atoms with E-state index in [0.29, 0.717) is 0 Å². The topological polar surface area (TPSA) is 61.8 Å². The fourth-order valence-electron chi connectivity index (χ4n) is 4.11. The molecule has 3 rings (SSSR count). The van der Waals surface area contributed by atoms with Crippen molar-refractivity contribution < 1.29 is 9.53 Å². The van der Waals surface area contributed by atoms with Crippen molar-refractivity contribution in [1.82, 2.24) is 20.0 Å². The van der Waals surface area contributed by atoms with E-state index in [-0.39, 0.29) is 30.1 Å². The molecule has 1 amide bonds. The molecule has 3 heterocycles. The van der Waals surface area contributed by atoms with Crippen LogP contribution in [0, 0.1) is 5.92 Å². The Morgan fingerprint density at radius 2 is 1.81 bits per heavy atom. The molecule has 3 atom stereocenters. The van der Waals surface area contributed by atoms with Gasteiger partial charge in [-0.15, -0.1) is 5.10 Å². The van der Waals surface area contributed by atoms with Crippen molar-refractivity contribution in [3.63, 3.8) is 0 Å². The Morgan fingerprint density at radius 3 is 2.35 bits per heavy atom. The highest BCUT2D eigenvalue weighted by Gasteiger charge is 2.37. The van der Waals surface area contributed by atoms with Crippen LogP contribution in [0.25, 0.3) is 0 Å². The molecule has 7 heteroatoms. The first kappa shape index (κ1) is 19.0. The van der Waals surface area contributed by atoms with Crippen molar-refractivity contribution in [1.29, 1.82) is 0 Å². The maximum atomic E-state index is 13.3. The predicted octanol–water partition coefficient (Wildman–Crippen LogP) is 1.26. The zero-order valence-electron chi connectivity index (χ0n) is 16.3. The standard InChI is InChI=1S/C19H31N5O2/c1-14(2)18(24-12-15(3)26-16(4)13-24)19(25)23-10-8-22(9-11-23)17-6-5-7-20-21-17/h5-7,14-16,18H,8-13H2,1-4H3. The van der Waals surface area contributed by atoms with Crippen LogP contribution in [0.2, 0.25) is 0 Å². The molecule has 2 fully saturated rings. The van der Waals surface area contributed by atoms with Gasteiger partial charge in [-0.1, -0.05) is 13.8 Å². The van der Waals surface area contributed by atoms with E-state index in [0.717, 1.165) is 45.1 Å². The fraction of sp³-hybridized carbons (Fsp3) is 0.737. The van der Waals surface area contributed by atoms with E-state index >= 15 is 0 Å². The maximum absolute atomic E-state index is 13.3. The average molecular weight is 361 g/mol. The Kier molecular flexibility index (Phi) is 6.09. The SMILES string of the molecule is CC1CN(C(C(=O)N2CCN(c3cccnn3)CC2)C(C)C)CC(C)O1. The highest BCUT2D eigenvalue weighted by atomic mass is 16.5. The van der Waals surface area contributed by atoms with Crippen LogP contribution >= 0.6 is 0 Å². The Balaban J connectivity index is 1.63. The second kappa shape index (κ2) is 8.31. The number of piperazine rings is 1. The Hall–Kier alpha value is -1.73. The van der Waals surface area contributed by atoms with Gasteiger partial charge in [-0.2, -0.15) is 5.10 Å². The average Bonchev–Trinajstić information content (AvgIpc) is 2.61. The smallest absolute Gasteiger partial charge is 0.240 e. The minimum atomic E-state index is -0.0770. The van der Waals surface area contributed by atoms with Crippen molar-refractivity contribution in [2.75, 3.05) is 44.2 Å². The van der Waals surface area contributed by atoms with Crippen LogP contribution in [0.5, 0.6) is 0 Å². The number of aromatic nitrogens is 2. The summed E-state index contributed by atoms with van der Waals surface area (Å²) in [6, 6.07) is 3.79. The lowest BCUT2D eigenvalue weighted by atomic mass is 9.98. The number of amides is 1. The van der Waals surface area contributed by atoms with Gasteiger partial charge in [0.15, 0.2) is 5.82 Å². The number of nitrogens with zero attached hydrogens (tertiary/aromatic N) is 5. The number of hydrogen-bond donors (Lipinski definition) is 0. The summed E-state index contributed by atoms with van der Waals surface area (Å²) in [6.07, 6.45) is 2.02. The minimum absolute atomic E-state index is 0.0770. The molecule has 0 aliphatic carbocycles. The molecule has 0 spiro atoms. The number of ether oxygens (including phenoxy) is 1. The minimum Gasteiger partial charge on any atom is -0.373 e. The number of morpholine rings is 1. The number of hydrogen-bond acceptors (Lipinski definition) is 6.